The van der Waals surface area contributed by atoms with Crippen LogP contribution >= 0.6 is 51.7 Å². The van der Waals surface area contributed by atoms with E-state index in [0.29, 0.717) is 21.5 Å². The standard InChI is InChI=1S/C18H15BrN2O5S3/c1-8(22)20-11-4-3-9(19)7-10(11)13(15(20)23)14-16(24)21(18(27)29-14)12(17(25)26)5-6-28-2/h3-4,7,12H,5-6H2,1-2H3,(H,25,26). The summed E-state index contributed by atoms with van der Waals surface area (Å²) in [6, 6.07) is 3.85. The predicted molar refractivity (Wildman–Crippen MR) is 121 cm³/mol. The van der Waals surface area contributed by atoms with E-state index < -0.39 is 29.7 Å². The van der Waals surface area contributed by atoms with E-state index in [9.17, 15) is 24.3 Å². The number of halogens is 1. The monoisotopic (exact) mass is 514 g/mol. The van der Waals surface area contributed by atoms with E-state index in [2.05, 4.69) is 15.9 Å². The van der Waals surface area contributed by atoms with E-state index in [1.165, 1.54) is 18.7 Å². The molecule has 3 rings (SSSR count). The van der Waals surface area contributed by atoms with Crippen LogP contribution < -0.4 is 4.90 Å². The number of hydrogen-bond donors (Lipinski definition) is 1. The van der Waals surface area contributed by atoms with Gasteiger partial charge in [0, 0.05) is 17.0 Å². The molecule has 0 spiro atoms. The molecule has 1 unspecified atom stereocenters. The number of carbonyl (C=O) groups excluding carboxylic acids is 3. The van der Waals surface area contributed by atoms with Crippen LogP contribution in [0.5, 0.6) is 0 Å². The lowest BCUT2D eigenvalue weighted by molar-refractivity contribution is -0.145. The Balaban J connectivity index is 2.12. The molecule has 1 fully saturated rings. The highest BCUT2D eigenvalue weighted by Crippen LogP contribution is 2.46. The van der Waals surface area contributed by atoms with Gasteiger partial charge in [0.2, 0.25) is 5.91 Å². The zero-order chi connectivity index (χ0) is 21.5. The summed E-state index contributed by atoms with van der Waals surface area (Å²) in [5.74, 6) is -2.36. The first-order valence-corrected chi connectivity index (χ1v) is 11.8. The number of carboxylic acids is 1. The highest BCUT2D eigenvalue weighted by atomic mass is 79.9. The van der Waals surface area contributed by atoms with Gasteiger partial charge in [0.05, 0.1) is 16.2 Å². The second kappa shape index (κ2) is 8.58. The van der Waals surface area contributed by atoms with Gasteiger partial charge in [-0.15, -0.1) is 0 Å². The summed E-state index contributed by atoms with van der Waals surface area (Å²) < 4.78 is 0.752. The summed E-state index contributed by atoms with van der Waals surface area (Å²) in [7, 11) is 0. The second-order valence-electron chi connectivity index (χ2n) is 6.20. The van der Waals surface area contributed by atoms with E-state index in [0.717, 1.165) is 21.6 Å². The molecule has 0 radical (unpaired) electrons. The Hall–Kier alpha value is -1.69. The summed E-state index contributed by atoms with van der Waals surface area (Å²) >= 11 is 11.0. The molecule has 1 saturated heterocycles. The van der Waals surface area contributed by atoms with Gasteiger partial charge < -0.3 is 5.11 Å². The predicted octanol–water partition coefficient (Wildman–Crippen LogP) is 3.12. The van der Waals surface area contributed by atoms with Crippen LogP contribution in [0.4, 0.5) is 5.69 Å². The Labute approximate surface area is 189 Å². The van der Waals surface area contributed by atoms with Crippen LogP contribution in [0.3, 0.4) is 0 Å². The molecule has 0 aromatic heterocycles. The molecule has 1 aromatic rings. The molecule has 152 valence electrons. The van der Waals surface area contributed by atoms with Gasteiger partial charge >= 0.3 is 5.97 Å². The van der Waals surface area contributed by atoms with Crippen molar-refractivity contribution in [3.8, 4) is 0 Å². The van der Waals surface area contributed by atoms with Crippen molar-refractivity contribution in [3.63, 3.8) is 0 Å². The number of fused-ring (bicyclic) bond motifs is 1. The Bertz CT molecular complexity index is 994. The molecule has 1 N–H and O–H groups in total. The minimum absolute atomic E-state index is 0.0403. The number of amides is 3. The van der Waals surface area contributed by atoms with E-state index in [1.807, 2.05) is 6.26 Å². The van der Waals surface area contributed by atoms with Gasteiger partial charge in [0.1, 0.15) is 10.4 Å². The lowest BCUT2D eigenvalue weighted by Crippen LogP contribution is -2.44. The average molecular weight is 515 g/mol. The Morgan fingerprint density at radius 3 is 2.59 bits per heavy atom. The smallest absolute Gasteiger partial charge is 0.326 e. The van der Waals surface area contributed by atoms with Gasteiger partial charge in [-0.05, 0) is 36.6 Å². The maximum Gasteiger partial charge on any atom is 0.326 e. The SMILES string of the molecule is CSCCC(C(=O)O)N1C(=O)C(=C2C(=O)N(C(C)=O)c3ccc(Br)cc32)SC1=S. The number of carboxylic acid groups (broad SMARTS) is 1. The maximum absolute atomic E-state index is 13.2. The third-order valence-corrected chi connectivity index (χ3v) is 6.96. The molecule has 0 saturated carbocycles. The van der Waals surface area contributed by atoms with E-state index in [-0.39, 0.29) is 21.2 Å². The van der Waals surface area contributed by atoms with Crippen molar-refractivity contribution in [3.05, 3.63) is 33.1 Å². The normalized spacial score (nSPS) is 19.8. The molecular formula is C18H15BrN2O5S3. The summed E-state index contributed by atoms with van der Waals surface area (Å²) in [4.78, 5) is 52.1. The zero-order valence-electron chi connectivity index (χ0n) is 15.3. The summed E-state index contributed by atoms with van der Waals surface area (Å²) in [5, 5.41) is 9.59. The van der Waals surface area contributed by atoms with E-state index in [1.54, 1.807) is 18.2 Å². The lowest BCUT2D eigenvalue weighted by Gasteiger charge is -2.22. The van der Waals surface area contributed by atoms with Gasteiger partial charge in [-0.2, -0.15) is 11.8 Å². The number of hydrogen-bond acceptors (Lipinski definition) is 7. The number of thiocarbonyl (C=S) groups is 1. The molecule has 3 amide bonds. The molecule has 0 bridgehead atoms. The van der Waals surface area contributed by atoms with E-state index >= 15 is 0 Å². The first-order valence-electron chi connectivity index (χ1n) is 8.35. The van der Waals surface area contributed by atoms with Gasteiger partial charge in [-0.3, -0.25) is 19.3 Å². The third-order valence-electron chi connectivity index (χ3n) is 4.42. The summed E-state index contributed by atoms with van der Waals surface area (Å²) in [6.07, 6.45) is 2.06. The zero-order valence-corrected chi connectivity index (χ0v) is 19.3. The van der Waals surface area contributed by atoms with Gasteiger partial charge in [-0.25, -0.2) is 9.69 Å². The Morgan fingerprint density at radius 2 is 2.00 bits per heavy atom. The lowest BCUT2D eigenvalue weighted by atomic mass is 10.1. The quantitative estimate of drug-likeness (QED) is 0.472. The Morgan fingerprint density at radius 1 is 1.31 bits per heavy atom. The van der Waals surface area contributed by atoms with E-state index in [4.69, 9.17) is 12.2 Å². The van der Waals surface area contributed by atoms with Gasteiger partial charge in [-0.1, -0.05) is 39.9 Å². The molecule has 2 aliphatic heterocycles. The Kier molecular flexibility index (Phi) is 6.51. The maximum atomic E-state index is 13.2. The number of anilines is 1. The van der Waals surface area contributed by atoms with Crippen molar-refractivity contribution < 1.29 is 24.3 Å². The molecular weight excluding hydrogens is 500 g/mol. The highest BCUT2D eigenvalue weighted by molar-refractivity contribution is 9.10. The van der Waals surface area contributed by atoms with Crippen LogP contribution in [0.1, 0.15) is 18.9 Å². The van der Waals surface area contributed by atoms with Crippen molar-refractivity contribution in [2.24, 2.45) is 0 Å². The second-order valence-corrected chi connectivity index (χ2v) is 9.75. The van der Waals surface area contributed by atoms with Crippen LogP contribution in [-0.4, -0.2) is 56.1 Å². The molecule has 29 heavy (non-hydrogen) atoms. The van der Waals surface area contributed by atoms with Crippen molar-refractivity contribution in [1.82, 2.24) is 4.90 Å². The average Bonchev–Trinajstić information content (AvgIpc) is 3.08. The van der Waals surface area contributed by atoms with Gasteiger partial charge in [0.15, 0.2) is 0 Å². The third kappa shape index (κ3) is 3.88. The number of carbonyl (C=O) groups is 4. The number of aliphatic carboxylic acids is 1. The first-order chi connectivity index (χ1) is 13.7. The molecule has 2 heterocycles. The fourth-order valence-corrected chi connectivity index (χ4v) is 5.41. The largest absolute Gasteiger partial charge is 0.480 e. The number of rotatable bonds is 5. The van der Waals surface area contributed by atoms with Crippen molar-refractivity contribution in [2.75, 3.05) is 16.9 Å². The van der Waals surface area contributed by atoms with Crippen LogP contribution in [-0.2, 0) is 19.2 Å². The number of thioether (sulfide) groups is 2. The molecule has 1 atom stereocenters. The number of nitrogens with zero attached hydrogens (tertiary/aromatic N) is 2. The minimum atomic E-state index is -1.16. The van der Waals surface area contributed by atoms with Crippen molar-refractivity contribution in [1.29, 1.82) is 0 Å². The number of imide groups is 1. The summed E-state index contributed by atoms with van der Waals surface area (Å²) in [6.45, 7) is 1.26. The number of benzene rings is 1. The minimum Gasteiger partial charge on any atom is -0.480 e. The topological polar surface area (TPSA) is 95.0 Å². The fraction of sp³-hybridized carbons (Fsp3) is 0.278. The van der Waals surface area contributed by atoms with Crippen LogP contribution in [0.15, 0.2) is 27.6 Å². The molecule has 1 aromatic carbocycles. The molecule has 2 aliphatic rings. The van der Waals surface area contributed by atoms with Crippen molar-refractivity contribution >= 4 is 90.9 Å². The first kappa shape index (κ1) is 22.0. The molecule has 11 heteroatoms. The van der Waals surface area contributed by atoms with Crippen LogP contribution in [0.25, 0.3) is 5.57 Å². The molecule has 7 nitrogen and oxygen atoms in total. The fourth-order valence-electron chi connectivity index (χ4n) is 3.16. The van der Waals surface area contributed by atoms with Crippen LogP contribution in [0.2, 0.25) is 0 Å². The molecule has 0 aliphatic carbocycles. The summed E-state index contributed by atoms with van der Waals surface area (Å²) in [5.41, 5.74) is 0.865. The van der Waals surface area contributed by atoms with Crippen LogP contribution in [0, 0.1) is 0 Å². The van der Waals surface area contributed by atoms with Gasteiger partial charge in [0.25, 0.3) is 11.8 Å². The highest BCUT2D eigenvalue weighted by Gasteiger charge is 2.46. The van der Waals surface area contributed by atoms with Crippen molar-refractivity contribution in [2.45, 2.75) is 19.4 Å².